The maximum Gasteiger partial charge on any atom is 0.259 e. The number of amides is 2. The lowest BCUT2D eigenvalue weighted by atomic mass is 10.1. The Morgan fingerprint density at radius 3 is 2.06 bits per heavy atom. The van der Waals surface area contributed by atoms with Crippen molar-refractivity contribution in [3.8, 4) is 11.4 Å². The van der Waals surface area contributed by atoms with Gasteiger partial charge in [-0.15, -0.1) is 0 Å². The second-order valence-electron chi connectivity index (χ2n) is 7.45. The van der Waals surface area contributed by atoms with Gasteiger partial charge in [0.25, 0.3) is 11.8 Å². The van der Waals surface area contributed by atoms with Crippen molar-refractivity contribution in [2.45, 2.75) is 6.92 Å². The number of rotatable bonds is 4. The van der Waals surface area contributed by atoms with Crippen LogP contribution in [-0.4, -0.2) is 64.7 Å². The number of hydrogen-bond donors (Lipinski definition) is 0. The van der Waals surface area contributed by atoms with E-state index >= 15 is 0 Å². The first-order chi connectivity index (χ1) is 15.4. The van der Waals surface area contributed by atoms with Gasteiger partial charge in [0.15, 0.2) is 0 Å². The highest BCUT2D eigenvalue weighted by molar-refractivity contribution is 6.33. The van der Waals surface area contributed by atoms with Crippen molar-refractivity contribution < 1.29 is 18.7 Å². The third kappa shape index (κ3) is 4.18. The van der Waals surface area contributed by atoms with E-state index in [2.05, 4.69) is 5.10 Å². The molecule has 1 aliphatic heterocycles. The normalized spacial score (nSPS) is 13.9. The highest BCUT2D eigenvalue weighted by Crippen LogP contribution is 2.26. The summed E-state index contributed by atoms with van der Waals surface area (Å²) in [7, 11) is 1.57. The lowest BCUT2D eigenvalue weighted by molar-refractivity contribution is 0.0535. The topological polar surface area (TPSA) is 67.7 Å². The Bertz CT molecular complexity index is 1140. The van der Waals surface area contributed by atoms with Crippen LogP contribution in [0.25, 0.3) is 5.69 Å². The van der Waals surface area contributed by atoms with Crippen LogP contribution in [0, 0.1) is 12.7 Å². The second kappa shape index (κ2) is 9.00. The highest BCUT2D eigenvalue weighted by Gasteiger charge is 2.29. The molecule has 1 saturated heterocycles. The highest BCUT2D eigenvalue weighted by atomic mass is 35.5. The molecule has 0 spiro atoms. The van der Waals surface area contributed by atoms with Crippen LogP contribution in [0.15, 0.2) is 48.5 Å². The smallest absolute Gasteiger partial charge is 0.259 e. The van der Waals surface area contributed by atoms with E-state index in [1.165, 1.54) is 16.8 Å². The third-order valence-electron chi connectivity index (χ3n) is 5.48. The molecule has 166 valence electrons. The van der Waals surface area contributed by atoms with Crippen molar-refractivity contribution in [1.82, 2.24) is 19.6 Å². The van der Waals surface area contributed by atoms with Gasteiger partial charge < -0.3 is 14.5 Å². The predicted molar refractivity (Wildman–Crippen MR) is 118 cm³/mol. The fourth-order valence-electron chi connectivity index (χ4n) is 3.68. The summed E-state index contributed by atoms with van der Waals surface area (Å²) in [5.74, 6) is -0.00647. The zero-order chi connectivity index (χ0) is 22.8. The SMILES string of the molecule is COc1ccc(C(=O)N2CCN(C(=O)c3c(C)nn(-c4ccc(F)cc4)c3Cl)CC2)cc1. The van der Waals surface area contributed by atoms with Crippen molar-refractivity contribution in [2.75, 3.05) is 33.3 Å². The Balaban J connectivity index is 1.45. The number of aromatic nitrogens is 2. The molecule has 0 radical (unpaired) electrons. The molecule has 32 heavy (non-hydrogen) atoms. The van der Waals surface area contributed by atoms with E-state index in [9.17, 15) is 14.0 Å². The van der Waals surface area contributed by atoms with Gasteiger partial charge >= 0.3 is 0 Å². The average Bonchev–Trinajstić information content (AvgIpc) is 3.12. The molecular weight excluding hydrogens is 435 g/mol. The molecule has 4 rings (SSSR count). The maximum atomic E-state index is 13.2. The van der Waals surface area contributed by atoms with Gasteiger partial charge in [-0.2, -0.15) is 5.10 Å². The molecule has 1 fully saturated rings. The van der Waals surface area contributed by atoms with Crippen LogP contribution in [0.1, 0.15) is 26.4 Å². The standard InChI is InChI=1S/C23H22ClFN4O3/c1-15-20(21(24)29(26-15)18-7-5-17(25)6-8-18)23(31)28-13-11-27(12-14-28)22(30)16-3-9-19(32-2)10-4-16/h3-10H,11-14H2,1-2H3. The molecule has 9 heteroatoms. The van der Waals surface area contributed by atoms with E-state index in [1.54, 1.807) is 60.2 Å². The van der Waals surface area contributed by atoms with E-state index in [1.807, 2.05) is 0 Å². The van der Waals surface area contributed by atoms with Crippen molar-refractivity contribution in [3.05, 3.63) is 76.3 Å². The van der Waals surface area contributed by atoms with E-state index in [0.717, 1.165) is 0 Å². The fourth-order valence-corrected chi connectivity index (χ4v) is 4.04. The molecule has 2 amide bonds. The first-order valence-corrected chi connectivity index (χ1v) is 10.5. The fraction of sp³-hybridized carbons (Fsp3) is 0.261. The number of methoxy groups -OCH3 is 1. The molecule has 2 aromatic carbocycles. The van der Waals surface area contributed by atoms with Crippen LogP contribution in [-0.2, 0) is 0 Å². The van der Waals surface area contributed by atoms with E-state index < -0.39 is 0 Å². The van der Waals surface area contributed by atoms with E-state index in [-0.39, 0.29) is 22.8 Å². The van der Waals surface area contributed by atoms with Crippen molar-refractivity contribution >= 4 is 23.4 Å². The Morgan fingerprint density at radius 1 is 0.938 bits per heavy atom. The predicted octanol–water partition coefficient (Wildman–Crippen LogP) is 3.58. The summed E-state index contributed by atoms with van der Waals surface area (Å²) in [6.07, 6.45) is 0. The van der Waals surface area contributed by atoms with Crippen LogP contribution in [0.3, 0.4) is 0 Å². The number of halogens is 2. The van der Waals surface area contributed by atoms with Gasteiger partial charge in [0, 0.05) is 31.7 Å². The number of carbonyl (C=O) groups excluding carboxylic acids is 2. The second-order valence-corrected chi connectivity index (χ2v) is 7.81. The zero-order valence-electron chi connectivity index (χ0n) is 17.7. The van der Waals surface area contributed by atoms with Gasteiger partial charge in [0.1, 0.15) is 16.7 Å². The first-order valence-electron chi connectivity index (χ1n) is 10.1. The van der Waals surface area contributed by atoms with Crippen molar-refractivity contribution in [2.24, 2.45) is 0 Å². The number of hydrogen-bond acceptors (Lipinski definition) is 4. The number of benzene rings is 2. The van der Waals surface area contributed by atoms with Gasteiger partial charge in [-0.05, 0) is 55.5 Å². The van der Waals surface area contributed by atoms with Crippen LogP contribution in [0.5, 0.6) is 5.75 Å². The molecule has 2 heterocycles. The van der Waals surface area contributed by atoms with Crippen LogP contribution >= 0.6 is 11.6 Å². The lowest BCUT2D eigenvalue weighted by Crippen LogP contribution is -2.50. The summed E-state index contributed by atoms with van der Waals surface area (Å²) in [5.41, 5.74) is 1.94. The molecule has 0 unspecified atom stereocenters. The first kappa shape index (κ1) is 21.8. The minimum Gasteiger partial charge on any atom is -0.497 e. The monoisotopic (exact) mass is 456 g/mol. The molecule has 7 nitrogen and oxygen atoms in total. The van der Waals surface area contributed by atoms with Gasteiger partial charge in [-0.1, -0.05) is 11.6 Å². The minimum absolute atomic E-state index is 0.0851. The number of nitrogens with zero attached hydrogens (tertiary/aromatic N) is 4. The molecular formula is C23H22ClFN4O3. The third-order valence-corrected chi connectivity index (χ3v) is 5.83. The Morgan fingerprint density at radius 2 is 1.50 bits per heavy atom. The average molecular weight is 457 g/mol. The quantitative estimate of drug-likeness (QED) is 0.602. The Hall–Kier alpha value is -3.39. The number of aryl methyl sites for hydroxylation is 1. The van der Waals surface area contributed by atoms with Gasteiger partial charge in [-0.3, -0.25) is 9.59 Å². The van der Waals surface area contributed by atoms with Crippen molar-refractivity contribution in [1.29, 1.82) is 0 Å². The molecule has 0 saturated carbocycles. The largest absolute Gasteiger partial charge is 0.497 e. The zero-order valence-corrected chi connectivity index (χ0v) is 18.5. The summed E-state index contributed by atoms with van der Waals surface area (Å²) in [4.78, 5) is 29.3. The summed E-state index contributed by atoms with van der Waals surface area (Å²) in [6, 6.07) is 12.7. The molecule has 1 aliphatic rings. The van der Waals surface area contributed by atoms with Gasteiger partial charge in [0.05, 0.1) is 24.1 Å². The summed E-state index contributed by atoms with van der Waals surface area (Å²) in [6.45, 7) is 3.32. The van der Waals surface area contributed by atoms with Crippen LogP contribution in [0.2, 0.25) is 5.15 Å². The number of carbonyl (C=O) groups is 2. The minimum atomic E-state index is -0.368. The number of piperazine rings is 1. The Kier molecular flexibility index (Phi) is 6.14. The summed E-state index contributed by atoms with van der Waals surface area (Å²) < 4.78 is 19.8. The lowest BCUT2D eigenvalue weighted by Gasteiger charge is -2.34. The molecule has 1 aromatic heterocycles. The maximum absolute atomic E-state index is 13.2. The van der Waals surface area contributed by atoms with Crippen LogP contribution in [0.4, 0.5) is 4.39 Å². The molecule has 0 atom stereocenters. The summed E-state index contributed by atoms with van der Waals surface area (Å²) in [5, 5.41) is 4.54. The molecule has 0 bridgehead atoms. The van der Waals surface area contributed by atoms with Gasteiger partial charge in [0.2, 0.25) is 0 Å². The van der Waals surface area contributed by atoms with E-state index in [4.69, 9.17) is 16.3 Å². The molecule has 3 aromatic rings. The Labute approximate surface area is 189 Å². The van der Waals surface area contributed by atoms with Crippen LogP contribution < -0.4 is 4.74 Å². The molecule has 0 aliphatic carbocycles. The van der Waals surface area contributed by atoms with E-state index in [0.29, 0.717) is 54.4 Å². The number of ether oxygens (including phenoxy) is 1. The van der Waals surface area contributed by atoms with Gasteiger partial charge in [-0.25, -0.2) is 9.07 Å². The molecule has 0 N–H and O–H groups in total. The van der Waals surface area contributed by atoms with Crippen molar-refractivity contribution in [3.63, 3.8) is 0 Å². The summed E-state index contributed by atoms with van der Waals surface area (Å²) >= 11 is 6.49.